The Hall–Kier alpha value is -2.50. The maximum atomic E-state index is 11.9. The van der Waals surface area contributed by atoms with Gasteiger partial charge in [0.25, 0.3) is 0 Å². The molecule has 0 radical (unpaired) electrons. The van der Waals surface area contributed by atoms with Crippen molar-refractivity contribution in [3.8, 4) is 0 Å². The predicted molar refractivity (Wildman–Crippen MR) is 97.3 cm³/mol. The van der Waals surface area contributed by atoms with E-state index in [1.165, 1.54) is 0 Å². The van der Waals surface area contributed by atoms with Crippen LogP contribution in [0.2, 0.25) is 5.02 Å². The van der Waals surface area contributed by atoms with Crippen molar-refractivity contribution in [1.82, 2.24) is 5.32 Å². The summed E-state index contributed by atoms with van der Waals surface area (Å²) in [5.74, 6) is -3.21. The zero-order valence-corrected chi connectivity index (χ0v) is 14.8. The number of benzene rings is 2. The number of hydrogen-bond donors (Lipinski definition) is 2. The van der Waals surface area contributed by atoms with Crippen molar-refractivity contribution in [2.75, 3.05) is 14.1 Å². The van der Waals surface area contributed by atoms with E-state index in [0.717, 1.165) is 11.1 Å². The van der Waals surface area contributed by atoms with Crippen LogP contribution in [-0.2, 0) is 16.0 Å². The van der Waals surface area contributed by atoms with E-state index in [0.29, 0.717) is 17.0 Å². The summed E-state index contributed by atoms with van der Waals surface area (Å²) in [7, 11) is 3.75. The van der Waals surface area contributed by atoms with E-state index in [9.17, 15) is 14.4 Å². The molecule has 0 fully saturated rings. The lowest BCUT2D eigenvalue weighted by molar-refractivity contribution is -0.148. The molecule has 2 N–H and O–H groups in total. The largest absolute Gasteiger partial charge is 0.475 e. The fourth-order valence-electron chi connectivity index (χ4n) is 2.04. The molecule has 6 heteroatoms. The molecule has 0 aliphatic rings. The molecule has 0 spiro atoms. The average molecular weight is 362 g/mol. The molecule has 0 heterocycles. The average Bonchev–Trinajstić information content (AvgIpc) is 2.58. The third-order valence-electron chi connectivity index (χ3n) is 3.16. The first-order valence-corrected chi connectivity index (χ1v) is 7.97. The fraction of sp³-hybridized carbons (Fsp3) is 0.211. The van der Waals surface area contributed by atoms with Gasteiger partial charge in [0.2, 0.25) is 5.78 Å². The van der Waals surface area contributed by atoms with Crippen LogP contribution in [0.3, 0.4) is 0 Å². The third-order valence-corrected chi connectivity index (χ3v) is 3.53. The summed E-state index contributed by atoms with van der Waals surface area (Å²) < 4.78 is 0. The van der Waals surface area contributed by atoms with Crippen LogP contribution in [0.25, 0.3) is 0 Å². The molecule has 0 unspecified atom stereocenters. The smallest absolute Gasteiger partial charge is 0.372 e. The van der Waals surface area contributed by atoms with Gasteiger partial charge in [-0.2, -0.15) is 0 Å². The molecular formula is C19H20ClNO4. The van der Waals surface area contributed by atoms with Crippen LogP contribution in [-0.4, -0.2) is 36.7 Å². The van der Waals surface area contributed by atoms with Gasteiger partial charge in [0, 0.05) is 10.6 Å². The fourth-order valence-corrected chi connectivity index (χ4v) is 2.24. The number of halogens is 1. The second kappa shape index (κ2) is 10.4. The lowest BCUT2D eigenvalue weighted by Gasteiger charge is -2.06. The van der Waals surface area contributed by atoms with Crippen molar-refractivity contribution in [1.29, 1.82) is 0 Å². The Morgan fingerprint density at radius 3 is 2.28 bits per heavy atom. The lowest BCUT2D eigenvalue weighted by atomic mass is 9.99. The number of carboxylic acid groups (broad SMARTS) is 1. The quantitative estimate of drug-likeness (QED) is 0.469. The molecule has 0 bridgehead atoms. The van der Waals surface area contributed by atoms with Gasteiger partial charge in [0.15, 0.2) is 5.78 Å². The molecular weight excluding hydrogens is 342 g/mol. The first-order valence-electron chi connectivity index (χ1n) is 7.59. The summed E-state index contributed by atoms with van der Waals surface area (Å²) in [5, 5.41) is 11.9. The van der Waals surface area contributed by atoms with Gasteiger partial charge in [-0.1, -0.05) is 48.0 Å². The molecule has 0 aliphatic heterocycles. The molecule has 0 atom stereocenters. The number of aliphatic carboxylic acids is 1. The minimum absolute atomic E-state index is 0.319. The molecule has 0 saturated heterocycles. The highest BCUT2D eigenvalue weighted by molar-refractivity contribution is 6.37. The number of carbonyl (C=O) groups excluding carboxylic acids is 2. The normalized spacial score (nSPS) is 9.72. The lowest BCUT2D eigenvalue weighted by Crippen LogP contribution is -2.17. The third kappa shape index (κ3) is 6.87. The summed E-state index contributed by atoms with van der Waals surface area (Å²) in [5.41, 5.74) is 2.11. The van der Waals surface area contributed by atoms with Crippen LogP contribution >= 0.6 is 11.6 Å². The monoisotopic (exact) mass is 361 g/mol. The van der Waals surface area contributed by atoms with Crippen molar-refractivity contribution in [2.45, 2.75) is 12.8 Å². The molecule has 0 saturated carbocycles. The van der Waals surface area contributed by atoms with Gasteiger partial charge in [0.1, 0.15) is 0 Å². The highest BCUT2D eigenvalue weighted by Gasteiger charge is 2.18. The van der Waals surface area contributed by atoms with Crippen LogP contribution in [0.5, 0.6) is 0 Å². The van der Waals surface area contributed by atoms with Crippen molar-refractivity contribution in [2.24, 2.45) is 0 Å². The number of Topliss-reactive ketones (excluding diaryl/α,β-unsaturated/α-hetero) is 2. The summed E-state index contributed by atoms with van der Waals surface area (Å²) in [6.45, 7) is 0. The van der Waals surface area contributed by atoms with Crippen LogP contribution in [0.15, 0.2) is 48.5 Å². The van der Waals surface area contributed by atoms with E-state index in [-0.39, 0.29) is 0 Å². The molecule has 132 valence electrons. The first-order chi connectivity index (χ1) is 11.9. The van der Waals surface area contributed by atoms with Crippen molar-refractivity contribution in [3.05, 3.63) is 70.2 Å². The Labute approximate surface area is 151 Å². The minimum Gasteiger partial charge on any atom is -0.475 e. The molecule has 25 heavy (non-hydrogen) atoms. The number of carbonyl (C=O) groups is 3. The number of rotatable bonds is 6. The van der Waals surface area contributed by atoms with Gasteiger partial charge >= 0.3 is 5.97 Å². The zero-order chi connectivity index (χ0) is 18.8. The maximum Gasteiger partial charge on any atom is 0.372 e. The topological polar surface area (TPSA) is 83.5 Å². The summed E-state index contributed by atoms with van der Waals surface area (Å²) >= 11 is 6.10. The Balaban J connectivity index is 0.000000970. The Kier molecular flexibility index (Phi) is 8.53. The minimum atomic E-state index is -1.60. The van der Waals surface area contributed by atoms with Gasteiger partial charge in [-0.15, -0.1) is 0 Å². The summed E-state index contributed by atoms with van der Waals surface area (Å²) in [6, 6.07) is 14.2. The molecule has 2 aromatic rings. The van der Waals surface area contributed by atoms with Gasteiger partial charge < -0.3 is 10.4 Å². The maximum absolute atomic E-state index is 11.9. The highest BCUT2D eigenvalue weighted by Crippen LogP contribution is 2.19. The van der Waals surface area contributed by atoms with Crippen LogP contribution in [0.1, 0.15) is 27.9 Å². The van der Waals surface area contributed by atoms with Crippen molar-refractivity contribution in [3.63, 3.8) is 0 Å². The summed E-state index contributed by atoms with van der Waals surface area (Å²) in [6.07, 6.45) is -0.0848. The Bertz CT molecular complexity index is 759. The van der Waals surface area contributed by atoms with E-state index in [4.69, 9.17) is 16.7 Å². The number of hydrogen-bond acceptors (Lipinski definition) is 4. The first kappa shape index (κ1) is 20.5. The second-order valence-corrected chi connectivity index (χ2v) is 5.70. The highest BCUT2D eigenvalue weighted by atomic mass is 35.5. The van der Waals surface area contributed by atoms with Gasteiger partial charge in [-0.3, -0.25) is 9.59 Å². The van der Waals surface area contributed by atoms with Gasteiger partial charge in [0.05, 0.1) is 6.42 Å². The Morgan fingerprint density at radius 1 is 1.04 bits per heavy atom. The summed E-state index contributed by atoms with van der Waals surface area (Å²) in [4.78, 5) is 33.5. The number of ketones is 2. The van der Waals surface area contributed by atoms with E-state index >= 15 is 0 Å². The van der Waals surface area contributed by atoms with Gasteiger partial charge in [-0.25, -0.2) is 4.79 Å². The predicted octanol–water partition coefficient (Wildman–Crippen LogP) is 2.99. The zero-order valence-electron chi connectivity index (χ0n) is 14.1. The van der Waals surface area contributed by atoms with E-state index in [1.807, 2.05) is 38.4 Å². The molecule has 0 aliphatic carbocycles. The number of carboxylic acids is 1. The van der Waals surface area contributed by atoms with Crippen LogP contribution in [0.4, 0.5) is 0 Å². The molecule has 5 nitrogen and oxygen atoms in total. The Morgan fingerprint density at radius 2 is 1.68 bits per heavy atom. The molecule has 0 aromatic heterocycles. The molecule has 0 amide bonds. The standard InChI is InChI=1S/C17H13ClO4.C2H7N/c18-14-7-2-1-5-12(14)8-11-4-3-6-13(9-11)15(19)10-16(20)17(21)22;1-3-2/h1-7,9H,8,10H2,(H,21,22);3H,1-2H3. The number of nitrogens with one attached hydrogen (secondary N) is 1. The van der Waals surface area contributed by atoms with E-state index in [2.05, 4.69) is 5.32 Å². The second-order valence-electron chi connectivity index (χ2n) is 5.30. The van der Waals surface area contributed by atoms with Crippen LogP contribution < -0.4 is 5.32 Å². The van der Waals surface area contributed by atoms with Crippen molar-refractivity contribution >= 4 is 29.1 Å². The van der Waals surface area contributed by atoms with Crippen LogP contribution in [0, 0.1) is 0 Å². The van der Waals surface area contributed by atoms with Gasteiger partial charge in [-0.05, 0) is 43.8 Å². The van der Waals surface area contributed by atoms with Crippen molar-refractivity contribution < 1.29 is 19.5 Å². The van der Waals surface area contributed by atoms with E-state index in [1.54, 1.807) is 24.3 Å². The SMILES string of the molecule is CNC.O=C(O)C(=O)CC(=O)c1cccc(Cc2ccccc2Cl)c1. The molecule has 2 aromatic carbocycles. The molecule has 2 rings (SSSR count). The van der Waals surface area contributed by atoms with E-state index < -0.39 is 24.0 Å².